The fraction of sp³-hybridized carbons (Fsp3) is 0.286. The summed E-state index contributed by atoms with van der Waals surface area (Å²) in [6.45, 7) is 4.95. The monoisotopic (exact) mass is 253 g/mol. The highest BCUT2D eigenvalue weighted by atomic mass is 15.0. The number of anilines is 1. The van der Waals surface area contributed by atoms with Crippen LogP contribution >= 0.6 is 0 Å². The number of nitriles is 1. The Labute approximate surface area is 112 Å². The molecule has 2 aromatic rings. The summed E-state index contributed by atoms with van der Waals surface area (Å²) in [7, 11) is 0. The lowest BCUT2D eigenvalue weighted by Crippen LogP contribution is -2.28. The van der Waals surface area contributed by atoms with Gasteiger partial charge in [0.05, 0.1) is 0 Å². The van der Waals surface area contributed by atoms with E-state index in [0.29, 0.717) is 18.1 Å². The average molecular weight is 253 g/mol. The van der Waals surface area contributed by atoms with E-state index in [1.807, 2.05) is 18.3 Å². The molecule has 0 unspecified atom stereocenters. The molecule has 0 bridgehead atoms. The third kappa shape index (κ3) is 3.26. The van der Waals surface area contributed by atoms with E-state index in [-0.39, 0.29) is 5.41 Å². The van der Waals surface area contributed by atoms with Crippen molar-refractivity contribution in [2.75, 3.05) is 11.9 Å². The number of nitrogens with zero attached hydrogens (tertiary/aromatic N) is 4. The Morgan fingerprint density at radius 1 is 1.37 bits per heavy atom. The second-order valence-corrected chi connectivity index (χ2v) is 4.88. The smallest absolute Gasteiger partial charge is 0.145 e. The van der Waals surface area contributed by atoms with Gasteiger partial charge < -0.3 is 5.32 Å². The van der Waals surface area contributed by atoms with Crippen molar-refractivity contribution >= 4 is 5.82 Å². The maximum Gasteiger partial charge on any atom is 0.145 e. The molecule has 2 aromatic heterocycles. The number of hydrogen-bond acceptors (Lipinski definition) is 5. The van der Waals surface area contributed by atoms with Gasteiger partial charge in [0.2, 0.25) is 0 Å². The van der Waals surface area contributed by atoms with Crippen LogP contribution in [0.25, 0.3) is 0 Å². The number of pyridine rings is 1. The number of aromatic nitrogens is 3. The number of nitrogens with one attached hydrogen (secondary N) is 1. The number of hydrogen-bond donors (Lipinski definition) is 1. The molecule has 0 radical (unpaired) electrons. The van der Waals surface area contributed by atoms with Crippen LogP contribution in [0.5, 0.6) is 0 Å². The zero-order valence-electron chi connectivity index (χ0n) is 11.0. The van der Waals surface area contributed by atoms with E-state index < -0.39 is 0 Å². The summed E-state index contributed by atoms with van der Waals surface area (Å²) in [6, 6.07) is 7.61. The SMILES string of the molecule is CC(C)(CNc1cc(C#N)ncn1)c1cccnc1. The van der Waals surface area contributed by atoms with Gasteiger partial charge in [0.1, 0.15) is 23.9 Å². The molecule has 2 heterocycles. The van der Waals surface area contributed by atoms with Gasteiger partial charge in [0.15, 0.2) is 0 Å². The molecule has 0 aromatic carbocycles. The molecule has 5 heteroatoms. The zero-order valence-corrected chi connectivity index (χ0v) is 11.0. The van der Waals surface area contributed by atoms with E-state index in [4.69, 9.17) is 5.26 Å². The minimum Gasteiger partial charge on any atom is -0.369 e. The molecule has 0 atom stereocenters. The summed E-state index contributed by atoms with van der Waals surface area (Å²) in [4.78, 5) is 12.1. The first kappa shape index (κ1) is 13.0. The lowest BCUT2D eigenvalue weighted by atomic mass is 9.86. The quantitative estimate of drug-likeness (QED) is 0.903. The van der Waals surface area contributed by atoms with Crippen molar-refractivity contribution in [3.63, 3.8) is 0 Å². The Hall–Kier alpha value is -2.48. The summed E-state index contributed by atoms with van der Waals surface area (Å²) in [5.41, 5.74) is 1.43. The molecule has 0 spiro atoms. The molecule has 96 valence electrons. The first-order chi connectivity index (χ1) is 9.12. The third-order valence-electron chi connectivity index (χ3n) is 2.94. The van der Waals surface area contributed by atoms with Crippen LogP contribution in [0.15, 0.2) is 36.9 Å². The molecule has 0 aliphatic rings. The van der Waals surface area contributed by atoms with Gasteiger partial charge in [0, 0.05) is 30.4 Å². The molecule has 0 saturated heterocycles. The van der Waals surface area contributed by atoms with Crippen LogP contribution in [0.4, 0.5) is 5.82 Å². The zero-order chi connectivity index (χ0) is 13.7. The predicted molar refractivity (Wildman–Crippen MR) is 72.5 cm³/mol. The maximum atomic E-state index is 8.79. The maximum absolute atomic E-state index is 8.79. The van der Waals surface area contributed by atoms with Crippen molar-refractivity contribution in [2.45, 2.75) is 19.3 Å². The van der Waals surface area contributed by atoms with Crippen molar-refractivity contribution in [3.8, 4) is 6.07 Å². The van der Waals surface area contributed by atoms with Crippen molar-refractivity contribution in [1.29, 1.82) is 5.26 Å². The van der Waals surface area contributed by atoms with E-state index >= 15 is 0 Å². The molecule has 2 rings (SSSR count). The first-order valence-electron chi connectivity index (χ1n) is 5.98. The molecule has 19 heavy (non-hydrogen) atoms. The average Bonchev–Trinajstić information content (AvgIpc) is 2.46. The fourth-order valence-corrected chi connectivity index (χ4v) is 1.69. The molecule has 0 aliphatic heterocycles. The van der Waals surface area contributed by atoms with E-state index in [1.54, 1.807) is 12.3 Å². The Bertz CT molecular complexity index is 586. The molecule has 1 N–H and O–H groups in total. The summed E-state index contributed by atoms with van der Waals surface area (Å²) in [5.74, 6) is 0.656. The summed E-state index contributed by atoms with van der Waals surface area (Å²) in [5, 5.41) is 12.0. The van der Waals surface area contributed by atoms with Gasteiger partial charge >= 0.3 is 0 Å². The van der Waals surface area contributed by atoms with Crippen molar-refractivity contribution in [1.82, 2.24) is 15.0 Å². The molecule has 0 amide bonds. The highest BCUT2D eigenvalue weighted by molar-refractivity contribution is 5.39. The lowest BCUT2D eigenvalue weighted by Gasteiger charge is -2.25. The predicted octanol–water partition coefficient (Wildman–Crippen LogP) is 2.13. The van der Waals surface area contributed by atoms with Crippen LogP contribution in [-0.4, -0.2) is 21.5 Å². The van der Waals surface area contributed by atoms with Gasteiger partial charge in [-0.2, -0.15) is 5.26 Å². The minimum atomic E-state index is -0.0774. The first-order valence-corrected chi connectivity index (χ1v) is 5.98. The summed E-state index contributed by atoms with van der Waals surface area (Å²) in [6.07, 6.45) is 5.01. The highest BCUT2D eigenvalue weighted by Crippen LogP contribution is 2.22. The Balaban J connectivity index is 2.07. The Morgan fingerprint density at radius 3 is 2.89 bits per heavy atom. The Morgan fingerprint density at radius 2 is 2.21 bits per heavy atom. The summed E-state index contributed by atoms with van der Waals surface area (Å²) >= 11 is 0. The molecular formula is C14H15N5. The second kappa shape index (κ2) is 5.44. The van der Waals surface area contributed by atoms with Gasteiger partial charge in [-0.15, -0.1) is 0 Å². The van der Waals surface area contributed by atoms with Crippen LogP contribution in [-0.2, 0) is 5.41 Å². The van der Waals surface area contributed by atoms with Gasteiger partial charge in [-0.1, -0.05) is 19.9 Å². The van der Waals surface area contributed by atoms with Crippen molar-refractivity contribution in [2.24, 2.45) is 0 Å². The normalized spacial score (nSPS) is 10.8. The van der Waals surface area contributed by atoms with Crippen LogP contribution in [0.1, 0.15) is 25.1 Å². The Kier molecular flexibility index (Phi) is 3.71. The fourth-order valence-electron chi connectivity index (χ4n) is 1.69. The molecule has 0 aliphatic carbocycles. The highest BCUT2D eigenvalue weighted by Gasteiger charge is 2.20. The van der Waals surface area contributed by atoms with Crippen LogP contribution in [0.2, 0.25) is 0 Å². The van der Waals surface area contributed by atoms with Gasteiger partial charge in [-0.3, -0.25) is 4.98 Å². The molecule has 0 saturated carbocycles. The topological polar surface area (TPSA) is 74.5 Å². The van der Waals surface area contributed by atoms with Crippen LogP contribution in [0, 0.1) is 11.3 Å². The lowest BCUT2D eigenvalue weighted by molar-refractivity contribution is 0.554. The largest absolute Gasteiger partial charge is 0.369 e. The van der Waals surface area contributed by atoms with E-state index in [0.717, 1.165) is 5.56 Å². The molecule has 5 nitrogen and oxygen atoms in total. The van der Waals surface area contributed by atoms with E-state index in [9.17, 15) is 0 Å². The van der Waals surface area contributed by atoms with Crippen molar-refractivity contribution in [3.05, 3.63) is 48.2 Å². The van der Waals surface area contributed by atoms with E-state index in [1.165, 1.54) is 6.33 Å². The molecule has 0 fully saturated rings. The second-order valence-electron chi connectivity index (χ2n) is 4.88. The van der Waals surface area contributed by atoms with Crippen molar-refractivity contribution < 1.29 is 0 Å². The van der Waals surface area contributed by atoms with Crippen LogP contribution in [0.3, 0.4) is 0 Å². The molecular weight excluding hydrogens is 238 g/mol. The third-order valence-corrected chi connectivity index (χ3v) is 2.94. The van der Waals surface area contributed by atoms with Gasteiger partial charge in [0.25, 0.3) is 0 Å². The van der Waals surface area contributed by atoms with Crippen LogP contribution < -0.4 is 5.32 Å². The van der Waals surface area contributed by atoms with E-state index in [2.05, 4.69) is 40.2 Å². The minimum absolute atomic E-state index is 0.0774. The van der Waals surface area contributed by atoms with Gasteiger partial charge in [-0.05, 0) is 11.6 Å². The standard InChI is InChI=1S/C14H15N5/c1-14(2,11-4-3-5-16-8-11)9-17-13-6-12(7-15)18-10-19-13/h3-6,8,10H,9H2,1-2H3,(H,17,18,19). The summed E-state index contributed by atoms with van der Waals surface area (Å²) < 4.78 is 0. The number of rotatable bonds is 4. The van der Waals surface area contributed by atoms with Gasteiger partial charge in [-0.25, -0.2) is 9.97 Å².